The van der Waals surface area contributed by atoms with Crippen LogP contribution in [-0.2, 0) is 20.0 Å². The van der Waals surface area contributed by atoms with Crippen LogP contribution in [0.3, 0.4) is 0 Å². The monoisotopic (exact) mass is 373 g/mol. The van der Waals surface area contributed by atoms with E-state index in [9.17, 15) is 9.59 Å². The fourth-order valence-electron chi connectivity index (χ4n) is 3.49. The first kappa shape index (κ1) is 19.1. The highest BCUT2D eigenvalue weighted by atomic mass is 16.2. The Morgan fingerprint density at radius 1 is 1.22 bits per heavy atom. The Kier molecular flexibility index (Phi) is 5.88. The Bertz CT molecular complexity index is 832. The van der Waals surface area contributed by atoms with E-state index in [1.807, 2.05) is 18.7 Å². The van der Waals surface area contributed by atoms with Gasteiger partial charge in [0.2, 0.25) is 5.95 Å². The Morgan fingerprint density at radius 3 is 2.48 bits per heavy atom. The highest BCUT2D eigenvalue weighted by Gasteiger charge is 2.25. The number of rotatable bonds is 6. The topological polar surface area (TPSA) is 97.9 Å². The third kappa shape index (κ3) is 4.17. The Hall–Kier alpha value is -2.71. The normalized spacial score (nSPS) is 15.1. The van der Waals surface area contributed by atoms with Crippen molar-refractivity contribution >= 4 is 11.9 Å². The molecule has 1 amide bonds. The van der Waals surface area contributed by atoms with E-state index in [1.165, 1.54) is 4.68 Å². The maximum atomic E-state index is 12.6. The summed E-state index contributed by atoms with van der Waals surface area (Å²) >= 11 is 0. The highest BCUT2D eigenvalue weighted by molar-refractivity contribution is 5.93. The molecule has 1 fully saturated rings. The molecule has 0 aliphatic carbocycles. The van der Waals surface area contributed by atoms with Crippen molar-refractivity contribution in [3.8, 4) is 0 Å². The van der Waals surface area contributed by atoms with Crippen LogP contribution in [-0.4, -0.2) is 54.8 Å². The molecule has 9 nitrogen and oxygen atoms in total. The van der Waals surface area contributed by atoms with Gasteiger partial charge in [-0.15, -0.1) is 0 Å². The van der Waals surface area contributed by atoms with Crippen molar-refractivity contribution in [2.24, 2.45) is 13.0 Å². The summed E-state index contributed by atoms with van der Waals surface area (Å²) in [6.07, 6.45) is 5.72. The van der Waals surface area contributed by atoms with Crippen molar-refractivity contribution in [1.29, 1.82) is 0 Å². The predicted octanol–water partition coefficient (Wildman–Crippen LogP) is 0.918. The number of likely N-dealkylation sites (tertiary alicyclic amines) is 1. The van der Waals surface area contributed by atoms with Crippen molar-refractivity contribution < 1.29 is 4.79 Å². The van der Waals surface area contributed by atoms with Gasteiger partial charge in [0.1, 0.15) is 5.82 Å². The van der Waals surface area contributed by atoms with Crippen molar-refractivity contribution in [2.45, 2.75) is 39.7 Å². The van der Waals surface area contributed by atoms with Crippen LogP contribution in [0.25, 0.3) is 0 Å². The first-order valence-corrected chi connectivity index (χ1v) is 9.51. The molecule has 146 valence electrons. The molecule has 2 aromatic rings. The fourth-order valence-corrected chi connectivity index (χ4v) is 3.49. The lowest BCUT2D eigenvalue weighted by atomic mass is 9.93. The molecule has 0 bridgehead atoms. The number of hydrogen-bond donors (Lipinski definition) is 1. The number of carbonyl (C=O) groups excluding carboxylic acids is 1. The van der Waals surface area contributed by atoms with Crippen LogP contribution in [0.15, 0.2) is 17.2 Å². The lowest BCUT2D eigenvalue weighted by Crippen LogP contribution is -2.39. The number of amides is 1. The number of aryl methyl sites for hydroxylation is 1. The zero-order valence-electron chi connectivity index (χ0n) is 16.2. The molecule has 0 atom stereocenters. The summed E-state index contributed by atoms with van der Waals surface area (Å²) in [4.78, 5) is 34.9. The number of carbonyl (C=O) groups is 1. The minimum Gasteiger partial charge on any atom is -0.355 e. The summed E-state index contributed by atoms with van der Waals surface area (Å²) in [5, 5.41) is 7.38. The molecule has 2 aromatic heterocycles. The molecule has 0 radical (unpaired) electrons. The van der Waals surface area contributed by atoms with Crippen molar-refractivity contribution in [3.05, 3.63) is 34.3 Å². The third-order valence-electron chi connectivity index (χ3n) is 5.01. The summed E-state index contributed by atoms with van der Waals surface area (Å²) in [5.74, 6) is 1.76. The average Bonchev–Trinajstić information content (AvgIpc) is 2.95. The first-order chi connectivity index (χ1) is 13.0. The minimum absolute atomic E-state index is 0.0280. The van der Waals surface area contributed by atoms with Gasteiger partial charge in [0.05, 0.1) is 5.56 Å². The van der Waals surface area contributed by atoms with Gasteiger partial charge in [-0.25, -0.2) is 19.4 Å². The smallest absolute Gasteiger partial charge is 0.345 e. The van der Waals surface area contributed by atoms with Crippen LogP contribution in [0.4, 0.5) is 5.95 Å². The molecule has 1 N–H and O–H groups in total. The van der Waals surface area contributed by atoms with Gasteiger partial charge in [-0.3, -0.25) is 9.36 Å². The van der Waals surface area contributed by atoms with Gasteiger partial charge in [-0.2, -0.15) is 5.10 Å². The third-order valence-corrected chi connectivity index (χ3v) is 5.01. The van der Waals surface area contributed by atoms with Gasteiger partial charge in [0, 0.05) is 52.0 Å². The quantitative estimate of drug-likeness (QED) is 0.808. The molecule has 1 aliphatic rings. The van der Waals surface area contributed by atoms with Gasteiger partial charge in [0.15, 0.2) is 0 Å². The number of nitrogens with zero attached hydrogens (tertiary/aromatic N) is 6. The molecule has 0 saturated carbocycles. The second kappa shape index (κ2) is 8.32. The van der Waals surface area contributed by atoms with Gasteiger partial charge >= 0.3 is 5.69 Å². The Labute approximate surface area is 158 Å². The molecule has 3 rings (SSSR count). The van der Waals surface area contributed by atoms with Crippen LogP contribution in [0.1, 0.15) is 42.9 Å². The molecular formula is C18H27N7O2. The molecule has 0 unspecified atom stereocenters. The first-order valence-electron chi connectivity index (χ1n) is 9.51. The minimum atomic E-state index is -0.0684. The summed E-state index contributed by atoms with van der Waals surface area (Å²) in [6.45, 7) is 6.68. The van der Waals surface area contributed by atoms with Crippen molar-refractivity contribution in [2.75, 3.05) is 25.0 Å². The van der Waals surface area contributed by atoms with Crippen LogP contribution >= 0.6 is 0 Å². The molecule has 3 heterocycles. The molecule has 0 spiro atoms. The van der Waals surface area contributed by atoms with Crippen molar-refractivity contribution in [3.63, 3.8) is 0 Å². The second-order valence-electron chi connectivity index (χ2n) is 6.83. The van der Waals surface area contributed by atoms with Crippen LogP contribution in [0, 0.1) is 5.92 Å². The molecule has 27 heavy (non-hydrogen) atoms. The standard InChI is InChI=1S/C18H27N7O2/c1-4-19-17-20-11-14(12-21-17)16(26)24-8-6-13(7-9-24)10-15-22-23(3)18(27)25(15)5-2/h11-13H,4-10H2,1-3H3,(H,19,20,21). The van der Waals surface area contributed by atoms with E-state index in [2.05, 4.69) is 20.4 Å². The summed E-state index contributed by atoms with van der Waals surface area (Å²) in [7, 11) is 1.68. The lowest BCUT2D eigenvalue weighted by molar-refractivity contribution is 0.0688. The molecule has 1 saturated heterocycles. The molecule has 0 aromatic carbocycles. The summed E-state index contributed by atoms with van der Waals surface area (Å²) in [5.41, 5.74) is 0.445. The molecular weight excluding hydrogens is 346 g/mol. The average molecular weight is 373 g/mol. The SMILES string of the molecule is CCNc1ncc(C(=O)N2CCC(Cc3nn(C)c(=O)n3CC)CC2)cn1. The Balaban J connectivity index is 1.57. The fraction of sp³-hybridized carbons (Fsp3) is 0.611. The number of piperidine rings is 1. The van der Waals surface area contributed by atoms with E-state index in [1.54, 1.807) is 24.0 Å². The molecule has 9 heteroatoms. The van der Waals surface area contributed by atoms with E-state index in [4.69, 9.17) is 0 Å². The van der Waals surface area contributed by atoms with E-state index in [0.717, 1.165) is 31.6 Å². The van der Waals surface area contributed by atoms with Gasteiger partial charge < -0.3 is 10.2 Å². The number of aromatic nitrogens is 5. The second-order valence-corrected chi connectivity index (χ2v) is 6.83. The Morgan fingerprint density at radius 2 is 1.89 bits per heavy atom. The van der Waals surface area contributed by atoms with Gasteiger partial charge in [-0.05, 0) is 32.6 Å². The van der Waals surface area contributed by atoms with E-state index >= 15 is 0 Å². The predicted molar refractivity (Wildman–Crippen MR) is 102 cm³/mol. The van der Waals surface area contributed by atoms with Gasteiger partial charge in [-0.1, -0.05) is 0 Å². The number of nitrogens with one attached hydrogen (secondary N) is 1. The summed E-state index contributed by atoms with van der Waals surface area (Å²) < 4.78 is 3.12. The number of hydrogen-bond acceptors (Lipinski definition) is 6. The molecule has 1 aliphatic heterocycles. The van der Waals surface area contributed by atoms with E-state index in [0.29, 0.717) is 37.1 Å². The van der Waals surface area contributed by atoms with Gasteiger partial charge in [0.25, 0.3) is 5.91 Å². The largest absolute Gasteiger partial charge is 0.355 e. The number of anilines is 1. The highest BCUT2D eigenvalue weighted by Crippen LogP contribution is 2.22. The lowest BCUT2D eigenvalue weighted by Gasteiger charge is -2.31. The van der Waals surface area contributed by atoms with E-state index in [-0.39, 0.29) is 11.6 Å². The maximum Gasteiger partial charge on any atom is 0.345 e. The maximum absolute atomic E-state index is 12.6. The van der Waals surface area contributed by atoms with Crippen LogP contribution < -0.4 is 11.0 Å². The zero-order valence-corrected chi connectivity index (χ0v) is 16.2. The van der Waals surface area contributed by atoms with Crippen molar-refractivity contribution in [1.82, 2.24) is 29.2 Å². The van der Waals surface area contributed by atoms with E-state index < -0.39 is 0 Å². The van der Waals surface area contributed by atoms with Crippen LogP contribution in [0.5, 0.6) is 0 Å². The summed E-state index contributed by atoms with van der Waals surface area (Å²) in [6, 6.07) is 0. The van der Waals surface area contributed by atoms with Crippen LogP contribution in [0.2, 0.25) is 0 Å². The zero-order chi connectivity index (χ0) is 19.4.